The lowest BCUT2D eigenvalue weighted by Crippen LogP contribution is -2.40. The van der Waals surface area contributed by atoms with Crippen LogP contribution in [0.25, 0.3) is 0 Å². The second kappa shape index (κ2) is 7.05. The first-order valence-corrected chi connectivity index (χ1v) is 8.74. The number of fused-ring (bicyclic) bond motifs is 1. The number of hydrogen-bond acceptors (Lipinski definition) is 4. The summed E-state index contributed by atoms with van der Waals surface area (Å²) in [7, 11) is 0. The van der Waals surface area contributed by atoms with Gasteiger partial charge in [0.25, 0.3) is 5.91 Å². The summed E-state index contributed by atoms with van der Waals surface area (Å²) in [5.41, 5.74) is 0.697. The number of hydrogen-bond donors (Lipinski definition) is 1. The second-order valence-corrected chi connectivity index (χ2v) is 6.41. The third-order valence-corrected chi connectivity index (χ3v) is 4.51. The Labute approximate surface area is 146 Å². The van der Waals surface area contributed by atoms with Gasteiger partial charge in [-0.1, -0.05) is 18.2 Å². The zero-order valence-electron chi connectivity index (χ0n) is 13.9. The lowest BCUT2D eigenvalue weighted by molar-refractivity contribution is -0.125. The number of amides is 1. The molecule has 130 valence electrons. The maximum absolute atomic E-state index is 12.5. The molecule has 1 N–H and O–H groups in total. The zero-order valence-corrected chi connectivity index (χ0v) is 13.9. The van der Waals surface area contributed by atoms with Gasteiger partial charge in [0, 0.05) is 11.8 Å². The molecule has 0 bridgehead atoms. The summed E-state index contributed by atoms with van der Waals surface area (Å²) in [6.45, 7) is 0.196. The van der Waals surface area contributed by atoms with E-state index in [2.05, 4.69) is 5.32 Å². The number of rotatable bonds is 4. The fourth-order valence-corrected chi connectivity index (χ4v) is 3.22. The van der Waals surface area contributed by atoms with Crippen molar-refractivity contribution < 1.29 is 19.0 Å². The van der Waals surface area contributed by atoms with Gasteiger partial charge in [0.1, 0.15) is 12.4 Å². The summed E-state index contributed by atoms with van der Waals surface area (Å²) >= 11 is 0. The molecule has 1 heterocycles. The predicted octanol–water partition coefficient (Wildman–Crippen LogP) is 3.79. The summed E-state index contributed by atoms with van der Waals surface area (Å²) < 4.78 is 17.3. The molecule has 5 nitrogen and oxygen atoms in total. The number of ether oxygens (including phenoxy) is 3. The van der Waals surface area contributed by atoms with Crippen LogP contribution in [-0.2, 0) is 4.79 Å². The molecule has 0 saturated heterocycles. The Morgan fingerprint density at radius 2 is 1.84 bits per heavy atom. The van der Waals surface area contributed by atoms with Crippen LogP contribution in [0.5, 0.6) is 17.2 Å². The highest BCUT2D eigenvalue weighted by molar-refractivity contribution is 5.94. The molecule has 0 spiro atoms. The highest BCUT2D eigenvalue weighted by Gasteiger charge is 2.27. The smallest absolute Gasteiger partial charge is 0.269 e. The van der Waals surface area contributed by atoms with E-state index in [0.29, 0.717) is 17.2 Å². The quantitative estimate of drug-likeness (QED) is 0.921. The third-order valence-electron chi connectivity index (χ3n) is 4.51. The van der Waals surface area contributed by atoms with E-state index in [1.807, 2.05) is 42.5 Å². The molecule has 1 saturated carbocycles. The number of benzene rings is 2. The Balaban J connectivity index is 1.39. The van der Waals surface area contributed by atoms with Crippen molar-refractivity contribution in [3.8, 4) is 17.2 Å². The number of para-hydroxylation sites is 2. The van der Waals surface area contributed by atoms with Crippen LogP contribution >= 0.6 is 0 Å². The average Bonchev–Trinajstić information content (AvgIpc) is 3.14. The van der Waals surface area contributed by atoms with Gasteiger partial charge in [-0.3, -0.25) is 4.79 Å². The monoisotopic (exact) mass is 339 g/mol. The van der Waals surface area contributed by atoms with Crippen molar-refractivity contribution in [2.24, 2.45) is 0 Å². The molecule has 1 unspecified atom stereocenters. The molecule has 1 aliphatic carbocycles. The minimum absolute atomic E-state index is 0.196. The molecule has 1 atom stereocenters. The van der Waals surface area contributed by atoms with E-state index in [4.69, 9.17) is 14.2 Å². The molecule has 25 heavy (non-hydrogen) atoms. The Kier molecular flexibility index (Phi) is 4.46. The number of nitrogens with one attached hydrogen (secondary N) is 1. The Morgan fingerprint density at radius 1 is 1.04 bits per heavy atom. The lowest BCUT2D eigenvalue weighted by Gasteiger charge is -2.25. The third kappa shape index (κ3) is 3.71. The number of carbonyl (C=O) groups is 1. The number of carbonyl (C=O) groups excluding carboxylic acids is 1. The fourth-order valence-electron chi connectivity index (χ4n) is 3.22. The van der Waals surface area contributed by atoms with Crippen molar-refractivity contribution in [1.82, 2.24) is 0 Å². The van der Waals surface area contributed by atoms with Crippen LogP contribution in [0.4, 0.5) is 5.69 Å². The van der Waals surface area contributed by atoms with Crippen LogP contribution in [0.3, 0.4) is 0 Å². The van der Waals surface area contributed by atoms with Gasteiger partial charge in [-0.2, -0.15) is 0 Å². The molecule has 1 fully saturated rings. The molecule has 1 amide bonds. The standard InChI is InChI=1S/C20H21NO4/c22-20(19-13-23-17-10-3-4-11-18(17)25-19)21-14-6-5-9-16(12-14)24-15-7-1-2-8-15/h3-6,9-12,15,19H,1-2,7-8,13H2,(H,21,22). The molecule has 5 heteroatoms. The van der Waals surface area contributed by atoms with Crippen molar-refractivity contribution in [3.05, 3.63) is 48.5 Å². The van der Waals surface area contributed by atoms with Crippen molar-refractivity contribution in [3.63, 3.8) is 0 Å². The fraction of sp³-hybridized carbons (Fsp3) is 0.350. The number of anilines is 1. The first kappa shape index (κ1) is 15.8. The summed E-state index contributed by atoms with van der Waals surface area (Å²) in [6, 6.07) is 14.9. The summed E-state index contributed by atoms with van der Waals surface area (Å²) in [5.74, 6) is 1.81. The van der Waals surface area contributed by atoms with Crippen LogP contribution in [0.2, 0.25) is 0 Å². The van der Waals surface area contributed by atoms with Gasteiger partial charge in [-0.15, -0.1) is 0 Å². The van der Waals surface area contributed by atoms with Crippen LogP contribution in [0.1, 0.15) is 25.7 Å². The minimum atomic E-state index is -0.672. The van der Waals surface area contributed by atoms with E-state index in [-0.39, 0.29) is 18.6 Å². The van der Waals surface area contributed by atoms with E-state index in [1.165, 1.54) is 12.8 Å². The van der Waals surface area contributed by atoms with E-state index in [9.17, 15) is 4.79 Å². The molecular formula is C20H21NO4. The Hall–Kier alpha value is -2.69. The topological polar surface area (TPSA) is 56.8 Å². The molecule has 1 aliphatic heterocycles. The molecule has 4 rings (SSSR count). The van der Waals surface area contributed by atoms with Gasteiger partial charge >= 0.3 is 0 Å². The van der Waals surface area contributed by atoms with E-state index in [1.54, 1.807) is 6.07 Å². The largest absolute Gasteiger partial charge is 0.490 e. The average molecular weight is 339 g/mol. The van der Waals surface area contributed by atoms with Gasteiger partial charge in [0.15, 0.2) is 11.5 Å². The Morgan fingerprint density at radius 3 is 2.68 bits per heavy atom. The Bertz CT molecular complexity index is 755. The molecular weight excluding hydrogens is 318 g/mol. The SMILES string of the molecule is O=C(Nc1cccc(OC2CCCC2)c1)C1COc2ccccc2O1. The molecule has 2 aromatic carbocycles. The maximum Gasteiger partial charge on any atom is 0.269 e. The van der Waals surface area contributed by atoms with Crippen molar-refractivity contribution in [2.75, 3.05) is 11.9 Å². The first-order chi connectivity index (χ1) is 12.3. The zero-order chi connectivity index (χ0) is 17.1. The molecule has 2 aromatic rings. The van der Waals surface area contributed by atoms with E-state index >= 15 is 0 Å². The summed E-state index contributed by atoms with van der Waals surface area (Å²) in [4.78, 5) is 12.5. The lowest BCUT2D eigenvalue weighted by atomic mass is 10.2. The van der Waals surface area contributed by atoms with Gasteiger partial charge in [0.05, 0.1) is 6.10 Å². The van der Waals surface area contributed by atoms with Crippen LogP contribution in [0, 0.1) is 0 Å². The first-order valence-electron chi connectivity index (χ1n) is 8.74. The minimum Gasteiger partial charge on any atom is -0.490 e. The van der Waals surface area contributed by atoms with Gasteiger partial charge in [0.2, 0.25) is 6.10 Å². The van der Waals surface area contributed by atoms with Crippen molar-refractivity contribution in [2.45, 2.75) is 37.9 Å². The van der Waals surface area contributed by atoms with E-state index in [0.717, 1.165) is 18.6 Å². The van der Waals surface area contributed by atoms with Gasteiger partial charge in [-0.05, 0) is 49.9 Å². The van der Waals surface area contributed by atoms with Crippen LogP contribution in [0.15, 0.2) is 48.5 Å². The van der Waals surface area contributed by atoms with Gasteiger partial charge in [-0.25, -0.2) is 0 Å². The summed E-state index contributed by atoms with van der Waals surface area (Å²) in [5, 5.41) is 2.88. The van der Waals surface area contributed by atoms with Crippen LogP contribution in [-0.4, -0.2) is 24.7 Å². The van der Waals surface area contributed by atoms with Crippen LogP contribution < -0.4 is 19.5 Å². The van der Waals surface area contributed by atoms with Crippen molar-refractivity contribution >= 4 is 11.6 Å². The highest BCUT2D eigenvalue weighted by Crippen LogP contribution is 2.31. The normalized spacial score (nSPS) is 19.4. The predicted molar refractivity (Wildman–Crippen MR) is 94.3 cm³/mol. The van der Waals surface area contributed by atoms with E-state index < -0.39 is 6.10 Å². The second-order valence-electron chi connectivity index (χ2n) is 6.41. The molecule has 2 aliphatic rings. The molecule has 0 aromatic heterocycles. The van der Waals surface area contributed by atoms with Crippen molar-refractivity contribution in [1.29, 1.82) is 0 Å². The highest BCUT2D eigenvalue weighted by atomic mass is 16.6. The summed E-state index contributed by atoms with van der Waals surface area (Å²) in [6.07, 6.45) is 4.27. The maximum atomic E-state index is 12.5. The van der Waals surface area contributed by atoms with Gasteiger partial charge < -0.3 is 19.5 Å². The molecule has 0 radical (unpaired) electrons.